The van der Waals surface area contributed by atoms with E-state index in [1.807, 2.05) is 11.3 Å². The number of thiazole rings is 1. The molecule has 0 fully saturated rings. The van der Waals surface area contributed by atoms with Gasteiger partial charge in [0, 0.05) is 17.3 Å². The lowest BCUT2D eigenvalue weighted by molar-refractivity contribution is 0.546. The summed E-state index contributed by atoms with van der Waals surface area (Å²) in [5.74, 6) is 0. The maximum absolute atomic E-state index is 4.68. The minimum Gasteiger partial charge on any atom is -0.310 e. The lowest BCUT2D eigenvalue weighted by Crippen LogP contribution is -2.23. The summed E-state index contributed by atoms with van der Waals surface area (Å²) in [5.41, 5.74) is 5.24. The van der Waals surface area contributed by atoms with Crippen molar-refractivity contribution in [2.45, 2.75) is 47.1 Å². The van der Waals surface area contributed by atoms with Crippen molar-refractivity contribution < 1.29 is 0 Å². The number of benzene rings is 1. The van der Waals surface area contributed by atoms with Crippen molar-refractivity contribution in [3.05, 3.63) is 50.5 Å². The van der Waals surface area contributed by atoms with Crippen molar-refractivity contribution in [1.82, 2.24) is 10.3 Å². The van der Waals surface area contributed by atoms with Gasteiger partial charge in [0.2, 0.25) is 0 Å². The third-order valence-electron chi connectivity index (χ3n) is 3.70. The molecule has 0 spiro atoms. The van der Waals surface area contributed by atoms with Crippen LogP contribution >= 0.6 is 11.3 Å². The summed E-state index contributed by atoms with van der Waals surface area (Å²) >= 11 is 1.82. The van der Waals surface area contributed by atoms with Crippen LogP contribution in [0.25, 0.3) is 0 Å². The van der Waals surface area contributed by atoms with Gasteiger partial charge in [0.25, 0.3) is 0 Å². The highest BCUT2D eigenvalue weighted by atomic mass is 32.1. The Bertz CT molecular complexity index is 567. The van der Waals surface area contributed by atoms with Crippen molar-refractivity contribution in [3.8, 4) is 0 Å². The summed E-state index contributed by atoms with van der Waals surface area (Å²) in [4.78, 5) is 6.01. The largest absolute Gasteiger partial charge is 0.310 e. The Morgan fingerprint density at radius 1 is 1.20 bits per heavy atom. The summed E-state index contributed by atoms with van der Waals surface area (Å²) in [5, 5.41) is 4.83. The third-order valence-corrected chi connectivity index (χ3v) is 4.80. The SMILES string of the molecule is CCNC(Cc1nc(C)c(C)s1)c1ccc(C)cc1C. The zero-order valence-electron chi connectivity index (χ0n) is 13.1. The fourth-order valence-corrected chi connectivity index (χ4v) is 3.54. The zero-order valence-corrected chi connectivity index (χ0v) is 13.9. The number of hydrogen-bond acceptors (Lipinski definition) is 3. The van der Waals surface area contributed by atoms with Gasteiger partial charge in [-0.3, -0.25) is 0 Å². The normalized spacial score (nSPS) is 12.7. The molecule has 1 N–H and O–H groups in total. The topological polar surface area (TPSA) is 24.9 Å². The molecule has 0 aliphatic rings. The van der Waals surface area contributed by atoms with E-state index in [0.29, 0.717) is 6.04 Å². The average Bonchev–Trinajstić information content (AvgIpc) is 2.68. The van der Waals surface area contributed by atoms with E-state index < -0.39 is 0 Å². The highest BCUT2D eigenvalue weighted by Crippen LogP contribution is 2.26. The molecule has 1 aromatic heterocycles. The van der Waals surface area contributed by atoms with E-state index in [1.54, 1.807) is 0 Å². The van der Waals surface area contributed by atoms with Gasteiger partial charge in [0.15, 0.2) is 0 Å². The molecule has 1 atom stereocenters. The maximum Gasteiger partial charge on any atom is 0.0949 e. The maximum atomic E-state index is 4.68. The third kappa shape index (κ3) is 3.47. The number of nitrogens with zero attached hydrogens (tertiary/aromatic N) is 1. The van der Waals surface area contributed by atoms with E-state index in [-0.39, 0.29) is 0 Å². The van der Waals surface area contributed by atoms with Gasteiger partial charge in [-0.15, -0.1) is 11.3 Å². The fourth-order valence-electron chi connectivity index (χ4n) is 2.56. The lowest BCUT2D eigenvalue weighted by atomic mass is 9.97. The number of aryl methyl sites for hydroxylation is 4. The van der Waals surface area contributed by atoms with Crippen molar-refractivity contribution in [2.24, 2.45) is 0 Å². The zero-order chi connectivity index (χ0) is 14.7. The van der Waals surface area contributed by atoms with Gasteiger partial charge in [-0.2, -0.15) is 0 Å². The van der Waals surface area contributed by atoms with Crippen LogP contribution in [-0.4, -0.2) is 11.5 Å². The number of likely N-dealkylation sites (N-methyl/N-ethyl adjacent to an activating group) is 1. The molecule has 2 nitrogen and oxygen atoms in total. The highest BCUT2D eigenvalue weighted by molar-refractivity contribution is 7.11. The van der Waals surface area contributed by atoms with Gasteiger partial charge in [-0.25, -0.2) is 4.98 Å². The van der Waals surface area contributed by atoms with E-state index in [9.17, 15) is 0 Å². The molecule has 0 amide bonds. The highest BCUT2D eigenvalue weighted by Gasteiger charge is 2.16. The number of aromatic nitrogens is 1. The molecule has 3 heteroatoms. The number of rotatable bonds is 5. The Morgan fingerprint density at radius 3 is 2.50 bits per heavy atom. The van der Waals surface area contributed by atoms with Gasteiger partial charge in [0.05, 0.1) is 10.7 Å². The Labute approximate surface area is 126 Å². The number of nitrogens with one attached hydrogen (secondary N) is 1. The van der Waals surface area contributed by atoms with E-state index in [2.05, 4.69) is 63.1 Å². The van der Waals surface area contributed by atoms with Crippen LogP contribution in [-0.2, 0) is 6.42 Å². The van der Waals surface area contributed by atoms with Crippen LogP contribution in [0, 0.1) is 27.7 Å². The Balaban J connectivity index is 2.26. The first-order valence-corrected chi connectivity index (χ1v) is 8.06. The average molecular weight is 288 g/mol. The summed E-state index contributed by atoms with van der Waals surface area (Å²) in [6.45, 7) is 11.7. The van der Waals surface area contributed by atoms with Gasteiger partial charge in [-0.1, -0.05) is 30.7 Å². The molecular formula is C17H24N2S. The van der Waals surface area contributed by atoms with Gasteiger partial charge in [-0.05, 0) is 45.4 Å². The molecule has 1 unspecified atom stereocenters. The van der Waals surface area contributed by atoms with Crippen LogP contribution in [0.4, 0.5) is 0 Å². The molecule has 0 saturated carbocycles. The second-order valence-electron chi connectivity index (χ2n) is 5.42. The summed E-state index contributed by atoms with van der Waals surface area (Å²) in [7, 11) is 0. The molecule has 1 aromatic carbocycles. The van der Waals surface area contributed by atoms with Gasteiger partial charge >= 0.3 is 0 Å². The van der Waals surface area contributed by atoms with Crippen molar-refractivity contribution in [1.29, 1.82) is 0 Å². The molecule has 0 bridgehead atoms. The summed E-state index contributed by atoms with van der Waals surface area (Å²) in [6.07, 6.45) is 0.969. The van der Waals surface area contributed by atoms with Crippen LogP contribution < -0.4 is 5.32 Å². The van der Waals surface area contributed by atoms with E-state index in [1.165, 1.54) is 32.3 Å². The first-order chi connectivity index (χ1) is 9.51. The monoisotopic (exact) mass is 288 g/mol. The molecular weight excluding hydrogens is 264 g/mol. The standard InChI is InChI=1S/C17H24N2S/c1-6-18-16(10-17-19-13(4)14(5)20-17)15-8-7-11(2)9-12(15)3/h7-9,16,18H,6,10H2,1-5H3. The molecule has 0 aliphatic carbocycles. The van der Waals surface area contributed by atoms with Crippen molar-refractivity contribution in [2.75, 3.05) is 6.54 Å². The quantitative estimate of drug-likeness (QED) is 0.888. The lowest BCUT2D eigenvalue weighted by Gasteiger charge is -2.19. The van der Waals surface area contributed by atoms with Gasteiger partial charge < -0.3 is 5.32 Å². The molecule has 108 valence electrons. The predicted molar refractivity (Wildman–Crippen MR) is 87.6 cm³/mol. The van der Waals surface area contributed by atoms with Crippen molar-refractivity contribution >= 4 is 11.3 Å². The van der Waals surface area contributed by atoms with Crippen molar-refractivity contribution in [3.63, 3.8) is 0 Å². The molecule has 2 aromatic rings. The number of hydrogen-bond donors (Lipinski definition) is 1. The van der Waals surface area contributed by atoms with Crippen LogP contribution in [0.5, 0.6) is 0 Å². The Kier molecular flexibility index (Phi) is 4.95. The fraction of sp³-hybridized carbons (Fsp3) is 0.471. The molecule has 0 saturated heterocycles. The van der Waals surface area contributed by atoms with E-state index in [4.69, 9.17) is 0 Å². The predicted octanol–water partition coefficient (Wildman–Crippen LogP) is 4.27. The second kappa shape index (κ2) is 6.51. The van der Waals surface area contributed by atoms with E-state index >= 15 is 0 Å². The first kappa shape index (κ1) is 15.2. The van der Waals surface area contributed by atoms with Crippen LogP contribution in [0.3, 0.4) is 0 Å². The molecule has 20 heavy (non-hydrogen) atoms. The molecule has 0 aliphatic heterocycles. The first-order valence-electron chi connectivity index (χ1n) is 7.24. The van der Waals surface area contributed by atoms with Crippen LogP contribution in [0.1, 0.15) is 45.2 Å². The Hall–Kier alpha value is -1.19. The van der Waals surface area contributed by atoms with Crippen LogP contribution in [0.15, 0.2) is 18.2 Å². The Morgan fingerprint density at radius 2 is 1.95 bits per heavy atom. The smallest absolute Gasteiger partial charge is 0.0949 e. The summed E-state index contributed by atoms with van der Waals surface area (Å²) in [6, 6.07) is 7.07. The minimum absolute atomic E-state index is 0.352. The molecule has 1 heterocycles. The van der Waals surface area contributed by atoms with Crippen LogP contribution in [0.2, 0.25) is 0 Å². The summed E-state index contributed by atoms with van der Waals surface area (Å²) < 4.78 is 0. The second-order valence-corrected chi connectivity index (χ2v) is 6.71. The minimum atomic E-state index is 0.352. The molecule has 2 rings (SSSR count). The van der Waals surface area contributed by atoms with Gasteiger partial charge in [0.1, 0.15) is 0 Å². The molecule has 0 radical (unpaired) electrons. The van der Waals surface area contributed by atoms with E-state index in [0.717, 1.165) is 13.0 Å².